The molecule has 0 aliphatic heterocycles. The van der Waals surface area contributed by atoms with Gasteiger partial charge in [-0.25, -0.2) is 9.97 Å². The Bertz CT molecular complexity index is 1410. The van der Waals surface area contributed by atoms with E-state index in [4.69, 9.17) is 17.3 Å². The van der Waals surface area contributed by atoms with E-state index < -0.39 is 0 Å². The first-order chi connectivity index (χ1) is 17.4. The van der Waals surface area contributed by atoms with E-state index in [-0.39, 0.29) is 29.7 Å². The summed E-state index contributed by atoms with van der Waals surface area (Å²) in [6.45, 7) is 1.93. The van der Waals surface area contributed by atoms with Gasteiger partial charge in [-0.2, -0.15) is 0 Å². The van der Waals surface area contributed by atoms with Crippen LogP contribution in [0.2, 0.25) is 5.15 Å². The summed E-state index contributed by atoms with van der Waals surface area (Å²) in [6.07, 6.45) is 2.01. The summed E-state index contributed by atoms with van der Waals surface area (Å²) in [5.74, 6) is 0.107. The number of hydrogen-bond donors (Lipinski definition) is 2. The minimum Gasteiger partial charge on any atom is -0.384 e. The molecule has 1 amide bonds. The first-order valence-electron chi connectivity index (χ1n) is 11.8. The summed E-state index contributed by atoms with van der Waals surface area (Å²) >= 11 is 6.61. The predicted molar refractivity (Wildman–Crippen MR) is 143 cm³/mol. The van der Waals surface area contributed by atoms with Crippen LogP contribution in [0.4, 0.5) is 5.82 Å². The number of aromatic nitrogens is 3. The highest BCUT2D eigenvalue weighted by Crippen LogP contribution is 2.25. The molecule has 0 radical (unpaired) electrons. The van der Waals surface area contributed by atoms with Gasteiger partial charge in [0.15, 0.2) is 5.15 Å². The highest BCUT2D eigenvalue weighted by Gasteiger charge is 2.19. The van der Waals surface area contributed by atoms with Crippen LogP contribution in [-0.2, 0) is 30.7 Å². The summed E-state index contributed by atoms with van der Waals surface area (Å²) in [4.78, 5) is 35.1. The number of carbonyl (C=O) groups excluding carboxylic acids is 1. The number of nitrogens with two attached hydrogens (primary N) is 1. The van der Waals surface area contributed by atoms with Gasteiger partial charge in [-0.15, -0.1) is 0 Å². The molecule has 4 rings (SSSR count). The first kappa shape index (κ1) is 25.1. The van der Waals surface area contributed by atoms with Gasteiger partial charge in [0, 0.05) is 17.8 Å². The van der Waals surface area contributed by atoms with Gasteiger partial charge in [0.05, 0.1) is 5.69 Å². The van der Waals surface area contributed by atoms with Crippen LogP contribution in [0.3, 0.4) is 0 Å². The van der Waals surface area contributed by atoms with Crippen LogP contribution < -0.4 is 16.6 Å². The van der Waals surface area contributed by atoms with Gasteiger partial charge in [0.1, 0.15) is 18.1 Å². The Balaban J connectivity index is 1.58. The maximum atomic E-state index is 13.5. The maximum Gasteiger partial charge on any atom is 0.273 e. The van der Waals surface area contributed by atoms with Crippen molar-refractivity contribution in [3.8, 4) is 11.3 Å². The molecule has 0 aliphatic carbocycles. The SMILES string of the molecule is Cc1nc(N)ccc1CNC(=O)Cn1c(-c2ccccc2)c(Cl)nc(CCCc2ccccc2)c1=O. The standard InChI is InChI=1S/C28H28ClN5O2/c1-19-22(15-16-24(30)32-19)17-31-25(35)18-34-26(21-12-6-3-7-13-21)27(29)33-23(28(34)36)14-8-11-20-9-4-2-5-10-20/h2-7,9-10,12-13,15-16H,8,11,14,17-18H2,1H3,(H2,30,32)(H,31,35). The second kappa shape index (κ2) is 11.6. The molecule has 0 atom stereocenters. The van der Waals surface area contributed by atoms with E-state index in [2.05, 4.69) is 27.4 Å². The topological polar surface area (TPSA) is 103 Å². The molecule has 0 bridgehead atoms. The monoisotopic (exact) mass is 501 g/mol. The lowest BCUT2D eigenvalue weighted by atomic mass is 10.1. The number of benzene rings is 2. The molecular formula is C28H28ClN5O2. The summed E-state index contributed by atoms with van der Waals surface area (Å²) < 4.78 is 1.42. The predicted octanol–water partition coefficient (Wildman–Crippen LogP) is 4.34. The van der Waals surface area contributed by atoms with E-state index in [1.54, 1.807) is 6.07 Å². The first-order valence-corrected chi connectivity index (χ1v) is 12.2. The third-order valence-electron chi connectivity index (χ3n) is 5.95. The number of pyridine rings is 1. The van der Waals surface area contributed by atoms with Gasteiger partial charge in [0.25, 0.3) is 5.56 Å². The molecule has 4 aromatic rings. The Morgan fingerprint density at radius 2 is 1.67 bits per heavy atom. The Morgan fingerprint density at radius 3 is 2.36 bits per heavy atom. The van der Waals surface area contributed by atoms with E-state index in [0.717, 1.165) is 24.1 Å². The lowest BCUT2D eigenvalue weighted by molar-refractivity contribution is -0.121. The highest BCUT2D eigenvalue weighted by molar-refractivity contribution is 6.31. The third kappa shape index (κ3) is 6.17. The van der Waals surface area contributed by atoms with Gasteiger partial charge in [0.2, 0.25) is 5.91 Å². The molecule has 3 N–H and O–H groups in total. The molecule has 7 nitrogen and oxygen atoms in total. The van der Waals surface area contributed by atoms with Crippen LogP contribution >= 0.6 is 11.6 Å². The smallest absolute Gasteiger partial charge is 0.273 e. The van der Waals surface area contributed by atoms with E-state index in [1.165, 1.54) is 10.1 Å². The molecule has 0 unspecified atom stereocenters. The zero-order valence-electron chi connectivity index (χ0n) is 20.1. The number of nitrogen functional groups attached to an aromatic ring is 1. The van der Waals surface area contributed by atoms with E-state index >= 15 is 0 Å². The number of nitrogens with one attached hydrogen (secondary N) is 1. The number of anilines is 1. The van der Waals surface area contributed by atoms with Crippen molar-refractivity contribution < 1.29 is 4.79 Å². The van der Waals surface area contributed by atoms with E-state index in [0.29, 0.717) is 29.2 Å². The lowest BCUT2D eigenvalue weighted by Crippen LogP contribution is -2.35. The fourth-order valence-corrected chi connectivity index (χ4v) is 4.38. The zero-order chi connectivity index (χ0) is 25.5. The molecule has 0 spiro atoms. The highest BCUT2D eigenvalue weighted by atomic mass is 35.5. The molecule has 184 valence electrons. The van der Waals surface area contributed by atoms with Crippen molar-refractivity contribution in [3.05, 3.63) is 111 Å². The van der Waals surface area contributed by atoms with Crippen LogP contribution in [0.25, 0.3) is 11.3 Å². The average molecular weight is 502 g/mol. The zero-order valence-corrected chi connectivity index (χ0v) is 20.8. The lowest BCUT2D eigenvalue weighted by Gasteiger charge is -2.16. The van der Waals surface area contributed by atoms with Crippen LogP contribution in [0.15, 0.2) is 77.6 Å². The number of amides is 1. The van der Waals surface area contributed by atoms with Crippen LogP contribution in [0, 0.1) is 6.92 Å². The van der Waals surface area contributed by atoms with Gasteiger partial charge < -0.3 is 11.1 Å². The Labute approximate surface area is 215 Å². The normalized spacial score (nSPS) is 10.8. The number of hydrogen-bond acceptors (Lipinski definition) is 5. The van der Waals surface area contributed by atoms with Gasteiger partial charge in [-0.05, 0) is 43.4 Å². The van der Waals surface area contributed by atoms with Crippen molar-refractivity contribution in [2.24, 2.45) is 0 Å². The molecule has 0 fully saturated rings. The molecule has 2 aromatic carbocycles. The van der Waals surface area contributed by atoms with E-state index in [1.807, 2.05) is 61.5 Å². The van der Waals surface area contributed by atoms with Crippen molar-refractivity contribution in [3.63, 3.8) is 0 Å². The van der Waals surface area contributed by atoms with Crippen molar-refractivity contribution in [1.29, 1.82) is 0 Å². The fraction of sp³-hybridized carbons (Fsp3) is 0.214. The van der Waals surface area contributed by atoms with Gasteiger partial charge in [-0.3, -0.25) is 14.2 Å². The van der Waals surface area contributed by atoms with E-state index in [9.17, 15) is 9.59 Å². The van der Waals surface area contributed by atoms with Crippen molar-refractivity contribution >= 4 is 23.3 Å². The molecular weight excluding hydrogens is 474 g/mol. The Kier molecular flexibility index (Phi) is 8.13. The van der Waals surface area contributed by atoms with Gasteiger partial charge in [-0.1, -0.05) is 78.3 Å². The van der Waals surface area contributed by atoms with Gasteiger partial charge >= 0.3 is 0 Å². The molecule has 0 saturated carbocycles. The summed E-state index contributed by atoms with van der Waals surface area (Å²) in [6, 6.07) is 22.9. The largest absolute Gasteiger partial charge is 0.384 e. The van der Waals surface area contributed by atoms with Crippen molar-refractivity contribution in [1.82, 2.24) is 19.9 Å². The fourth-order valence-electron chi connectivity index (χ4n) is 4.07. The number of carbonyl (C=O) groups is 1. The second-order valence-electron chi connectivity index (χ2n) is 8.55. The van der Waals surface area contributed by atoms with Crippen LogP contribution in [0.5, 0.6) is 0 Å². The molecule has 2 heterocycles. The Hall–Kier alpha value is -3.97. The molecule has 8 heteroatoms. The third-order valence-corrected chi connectivity index (χ3v) is 6.22. The second-order valence-corrected chi connectivity index (χ2v) is 8.91. The molecule has 0 aliphatic rings. The minimum atomic E-state index is -0.317. The summed E-state index contributed by atoms with van der Waals surface area (Å²) in [5, 5.41) is 3.07. The number of nitrogens with zero attached hydrogens (tertiary/aromatic N) is 3. The summed E-state index contributed by atoms with van der Waals surface area (Å²) in [7, 11) is 0. The molecule has 36 heavy (non-hydrogen) atoms. The maximum absolute atomic E-state index is 13.5. The molecule has 2 aromatic heterocycles. The minimum absolute atomic E-state index is 0.182. The number of halogens is 1. The quantitative estimate of drug-likeness (QED) is 0.355. The van der Waals surface area contributed by atoms with Crippen LogP contribution in [-0.4, -0.2) is 20.4 Å². The number of rotatable bonds is 9. The Morgan fingerprint density at radius 1 is 0.972 bits per heavy atom. The average Bonchev–Trinajstić information content (AvgIpc) is 2.87. The van der Waals surface area contributed by atoms with Crippen molar-refractivity contribution in [2.75, 3.05) is 5.73 Å². The molecule has 0 saturated heterocycles. The number of aryl methyl sites for hydroxylation is 3. The summed E-state index contributed by atoms with van der Waals surface area (Å²) in [5.41, 5.74) is 9.68. The van der Waals surface area contributed by atoms with Crippen LogP contribution in [0.1, 0.15) is 28.9 Å². The van der Waals surface area contributed by atoms with Crippen molar-refractivity contribution in [2.45, 2.75) is 39.3 Å².